The van der Waals surface area contributed by atoms with Gasteiger partial charge in [-0.05, 0) is 22.9 Å². The molecule has 1 aromatic heterocycles. The van der Waals surface area contributed by atoms with Gasteiger partial charge in [-0.3, -0.25) is 4.79 Å². The number of carbonyl (C=O) groups is 1. The van der Waals surface area contributed by atoms with E-state index in [2.05, 4.69) is 15.6 Å². The number of rotatable bonds is 5. The summed E-state index contributed by atoms with van der Waals surface area (Å²) in [6, 6.07) is 27.7. The van der Waals surface area contributed by atoms with Crippen LogP contribution in [-0.4, -0.2) is 16.0 Å². The van der Waals surface area contributed by atoms with E-state index in [1.165, 1.54) is 11.3 Å². The minimum absolute atomic E-state index is 0.0456. The predicted octanol–water partition coefficient (Wildman–Crippen LogP) is 6.08. The zero-order valence-electron chi connectivity index (χ0n) is 16.5. The van der Waals surface area contributed by atoms with Gasteiger partial charge in [0.15, 0.2) is 5.13 Å². The van der Waals surface area contributed by atoms with E-state index in [4.69, 9.17) is 0 Å². The number of benzene rings is 4. The summed E-state index contributed by atoms with van der Waals surface area (Å²) in [4.78, 5) is 17.4. The number of fused-ring (bicyclic) bond motifs is 2. The standard InChI is InChI=1S/C25H19N3O2S/c29-23(26-20-13-5-9-16-7-1-3-11-18(16)20)15-22-24(30)28-25(31-22)27-21-14-6-10-17-8-2-4-12-19(17)21/h1-14,30H,15H2,(H,26,29)(H,27,28). The van der Waals surface area contributed by atoms with Crippen molar-refractivity contribution < 1.29 is 9.90 Å². The van der Waals surface area contributed by atoms with E-state index in [0.717, 1.165) is 32.9 Å². The first kappa shape index (κ1) is 19.1. The van der Waals surface area contributed by atoms with Crippen molar-refractivity contribution >= 4 is 55.3 Å². The Morgan fingerprint density at radius 1 is 0.806 bits per heavy atom. The average molecular weight is 426 g/mol. The Morgan fingerprint density at radius 3 is 2.10 bits per heavy atom. The fraction of sp³-hybridized carbons (Fsp3) is 0.0400. The second-order valence-corrected chi connectivity index (χ2v) is 8.25. The molecular formula is C25H19N3O2S. The molecule has 0 aliphatic rings. The Kier molecular flexibility index (Phi) is 4.98. The van der Waals surface area contributed by atoms with Gasteiger partial charge >= 0.3 is 0 Å². The predicted molar refractivity (Wildman–Crippen MR) is 127 cm³/mol. The molecular weight excluding hydrogens is 406 g/mol. The molecule has 0 saturated carbocycles. The topological polar surface area (TPSA) is 74.2 Å². The lowest BCUT2D eigenvalue weighted by molar-refractivity contribution is -0.115. The van der Waals surface area contributed by atoms with Crippen molar-refractivity contribution in [3.63, 3.8) is 0 Å². The van der Waals surface area contributed by atoms with Crippen molar-refractivity contribution in [2.75, 3.05) is 10.6 Å². The number of nitrogens with zero attached hydrogens (tertiary/aromatic N) is 1. The van der Waals surface area contributed by atoms with E-state index >= 15 is 0 Å². The normalized spacial score (nSPS) is 11.0. The molecule has 5 aromatic rings. The van der Waals surface area contributed by atoms with Crippen LogP contribution in [0, 0.1) is 0 Å². The van der Waals surface area contributed by atoms with E-state index in [0.29, 0.717) is 10.0 Å². The molecule has 0 radical (unpaired) electrons. The zero-order chi connectivity index (χ0) is 21.2. The maximum absolute atomic E-state index is 12.7. The molecule has 0 saturated heterocycles. The smallest absolute Gasteiger partial charge is 0.229 e. The van der Waals surface area contributed by atoms with Crippen molar-refractivity contribution in [2.45, 2.75) is 6.42 Å². The Morgan fingerprint density at radius 2 is 1.39 bits per heavy atom. The Hall–Kier alpha value is -3.90. The van der Waals surface area contributed by atoms with Crippen LogP contribution in [-0.2, 0) is 11.2 Å². The largest absolute Gasteiger partial charge is 0.492 e. The van der Waals surface area contributed by atoms with E-state index in [1.54, 1.807) is 0 Å². The highest BCUT2D eigenvalue weighted by Gasteiger charge is 2.15. The summed E-state index contributed by atoms with van der Waals surface area (Å²) in [5.41, 5.74) is 1.65. The summed E-state index contributed by atoms with van der Waals surface area (Å²) in [6.45, 7) is 0. The number of aromatic nitrogens is 1. The van der Waals surface area contributed by atoms with Gasteiger partial charge in [-0.15, -0.1) is 0 Å². The first-order chi connectivity index (χ1) is 15.2. The number of amides is 1. The highest BCUT2D eigenvalue weighted by Crippen LogP contribution is 2.33. The highest BCUT2D eigenvalue weighted by atomic mass is 32.1. The van der Waals surface area contributed by atoms with Crippen LogP contribution in [0.3, 0.4) is 0 Å². The summed E-state index contributed by atoms with van der Waals surface area (Å²) in [5.74, 6) is -0.326. The number of hydrogen-bond donors (Lipinski definition) is 3. The van der Waals surface area contributed by atoms with E-state index in [-0.39, 0.29) is 18.2 Å². The molecule has 0 aliphatic heterocycles. The lowest BCUT2D eigenvalue weighted by Crippen LogP contribution is -2.14. The van der Waals surface area contributed by atoms with E-state index in [1.807, 2.05) is 84.9 Å². The first-order valence-electron chi connectivity index (χ1n) is 9.88. The molecule has 0 atom stereocenters. The Bertz CT molecular complexity index is 1400. The van der Waals surface area contributed by atoms with Gasteiger partial charge in [0.05, 0.1) is 11.3 Å². The molecule has 1 heterocycles. The molecule has 0 bridgehead atoms. The molecule has 6 heteroatoms. The summed E-state index contributed by atoms with van der Waals surface area (Å²) in [6.07, 6.45) is 0.0456. The summed E-state index contributed by atoms with van der Waals surface area (Å²) >= 11 is 1.27. The number of carbonyl (C=O) groups excluding carboxylic acids is 1. The molecule has 4 aromatic carbocycles. The van der Waals surface area contributed by atoms with Gasteiger partial charge in [-0.25, -0.2) is 0 Å². The third kappa shape index (κ3) is 3.93. The van der Waals surface area contributed by atoms with Gasteiger partial charge < -0.3 is 15.7 Å². The summed E-state index contributed by atoms with van der Waals surface area (Å²) < 4.78 is 0. The van der Waals surface area contributed by atoms with Crippen LogP contribution in [0.2, 0.25) is 0 Å². The lowest BCUT2D eigenvalue weighted by Gasteiger charge is -2.08. The van der Waals surface area contributed by atoms with Crippen molar-refractivity contribution in [3.8, 4) is 5.88 Å². The Labute approximate surface area is 183 Å². The van der Waals surface area contributed by atoms with Crippen molar-refractivity contribution in [3.05, 3.63) is 89.8 Å². The molecule has 0 fully saturated rings. The second-order valence-electron chi connectivity index (χ2n) is 7.17. The third-order valence-corrected chi connectivity index (χ3v) is 6.05. The van der Waals surface area contributed by atoms with Crippen LogP contribution >= 0.6 is 11.3 Å². The van der Waals surface area contributed by atoms with Crippen LogP contribution in [0.4, 0.5) is 16.5 Å². The molecule has 0 spiro atoms. The van der Waals surface area contributed by atoms with Crippen molar-refractivity contribution in [1.82, 2.24) is 4.98 Å². The monoisotopic (exact) mass is 425 g/mol. The first-order valence-corrected chi connectivity index (χ1v) is 10.7. The highest BCUT2D eigenvalue weighted by molar-refractivity contribution is 7.16. The number of nitrogens with one attached hydrogen (secondary N) is 2. The molecule has 0 unspecified atom stereocenters. The minimum atomic E-state index is -0.202. The fourth-order valence-electron chi connectivity index (χ4n) is 3.64. The van der Waals surface area contributed by atoms with Gasteiger partial charge in [0, 0.05) is 22.1 Å². The van der Waals surface area contributed by atoms with Crippen LogP contribution in [0.25, 0.3) is 21.5 Å². The van der Waals surface area contributed by atoms with Crippen LogP contribution in [0.5, 0.6) is 5.88 Å². The van der Waals surface area contributed by atoms with E-state index < -0.39 is 0 Å². The van der Waals surface area contributed by atoms with Gasteiger partial charge in [-0.1, -0.05) is 84.1 Å². The number of aromatic hydroxyl groups is 1. The minimum Gasteiger partial charge on any atom is -0.492 e. The van der Waals surface area contributed by atoms with E-state index in [9.17, 15) is 9.90 Å². The lowest BCUT2D eigenvalue weighted by atomic mass is 10.1. The fourth-order valence-corrected chi connectivity index (χ4v) is 4.50. The van der Waals surface area contributed by atoms with Crippen molar-refractivity contribution in [1.29, 1.82) is 0 Å². The zero-order valence-corrected chi connectivity index (χ0v) is 17.3. The van der Waals surface area contributed by atoms with Crippen LogP contribution < -0.4 is 10.6 Å². The summed E-state index contributed by atoms with van der Waals surface area (Å²) in [7, 11) is 0. The maximum atomic E-state index is 12.7. The molecule has 5 nitrogen and oxygen atoms in total. The average Bonchev–Trinajstić information content (AvgIpc) is 3.12. The molecule has 5 rings (SSSR count). The molecule has 1 amide bonds. The van der Waals surface area contributed by atoms with Crippen LogP contribution in [0.15, 0.2) is 84.9 Å². The van der Waals surface area contributed by atoms with Gasteiger partial charge in [-0.2, -0.15) is 4.98 Å². The second kappa shape index (κ2) is 8.08. The number of anilines is 3. The summed E-state index contributed by atoms with van der Waals surface area (Å²) in [5, 5.41) is 21.3. The molecule has 3 N–H and O–H groups in total. The molecule has 31 heavy (non-hydrogen) atoms. The Balaban J connectivity index is 1.34. The van der Waals surface area contributed by atoms with Crippen molar-refractivity contribution in [2.24, 2.45) is 0 Å². The van der Waals surface area contributed by atoms with Gasteiger partial charge in [0.25, 0.3) is 0 Å². The number of hydrogen-bond acceptors (Lipinski definition) is 5. The van der Waals surface area contributed by atoms with Crippen LogP contribution in [0.1, 0.15) is 4.88 Å². The third-order valence-electron chi connectivity index (χ3n) is 5.09. The quantitative estimate of drug-likeness (QED) is 0.319. The molecule has 0 aliphatic carbocycles. The van der Waals surface area contributed by atoms with Gasteiger partial charge in [0.2, 0.25) is 11.8 Å². The maximum Gasteiger partial charge on any atom is 0.229 e. The SMILES string of the molecule is O=C(Cc1sc(Nc2cccc3ccccc23)nc1O)Nc1cccc2ccccc12. The number of thiazole rings is 1. The molecule has 152 valence electrons. The van der Waals surface area contributed by atoms with Gasteiger partial charge in [0.1, 0.15) is 0 Å².